The largest absolute Gasteiger partial charge is 0.474 e. The molecule has 2 saturated heterocycles. The first-order valence-electron chi connectivity index (χ1n) is 11.3. The predicted octanol–water partition coefficient (Wildman–Crippen LogP) is 2.36. The van der Waals surface area contributed by atoms with Gasteiger partial charge in [-0.05, 0) is 51.9 Å². The topological polar surface area (TPSA) is 131 Å². The summed E-state index contributed by atoms with van der Waals surface area (Å²) in [5.74, 6) is -4.88. The van der Waals surface area contributed by atoms with Crippen molar-refractivity contribution in [3.8, 4) is 0 Å². The van der Waals surface area contributed by atoms with Gasteiger partial charge >= 0.3 is 18.0 Å². The van der Waals surface area contributed by atoms with Crippen LogP contribution in [0.1, 0.15) is 33.1 Å². The highest BCUT2D eigenvalue weighted by atomic mass is 28.4. The first-order valence-corrected chi connectivity index (χ1v) is 14.7. The summed E-state index contributed by atoms with van der Waals surface area (Å²) >= 11 is 0. The van der Waals surface area contributed by atoms with Gasteiger partial charge < -0.3 is 19.2 Å². The smallest absolute Gasteiger partial charge is 0.410 e. The van der Waals surface area contributed by atoms with Crippen LogP contribution in [0.5, 0.6) is 0 Å². The molecule has 2 fully saturated rings. The number of aliphatic carboxylic acids is 1. The molecule has 0 spiro atoms. The minimum atomic E-state index is -2.03. The Bertz CT molecular complexity index is 894. The fourth-order valence-corrected chi connectivity index (χ4v) is 5.68. The Balaban J connectivity index is 2.18. The van der Waals surface area contributed by atoms with Crippen molar-refractivity contribution < 1.29 is 38.2 Å². The first kappa shape index (κ1) is 27.5. The van der Waals surface area contributed by atoms with E-state index in [0.29, 0.717) is 23.4 Å². The minimum Gasteiger partial charge on any atom is -0.474 e. The molecule has 0 aromatic heterocycles. The minimum absolute atomic E-state index is 0.0892. The van der Waals surface area contributed by atoms with Crippen molar-refractivity contribution in [1.82, 2.24) is 9.80 Å². The van der Waals surface area contributed by atoms with Crippen LogP contribution in [-0.4, -0.2) is 84.2 Å². The molecule has 0 saturated carbocycles. The van der Waals surface area contributed by atoms with E-state index in [0.717, 1.165) is 6.42 Å². The standard InChI is InChI=1S/C23H34N2O8Si/c1-7-11-32-23(31)24-10-8-9-16(24)12-14(2)18(26)13-17-19(15(3)33-34(4,5)6)20(27)25(17)21(28)22(29)30/h7,12,15-17,19H,1,8-11,13H2,2-6H3,(H,29,30)/t15-,16+,17-,19-/m1/s1. The van der Waals surface area contributed by atoms with Gasteiger partial charge in [-0.25, -0.2) is 9.59 Å². The maximum absolute atomic E-state index is 13.0. The van der Waals surface area contributed by atoms with E-state index < -0.39 is 50.3 Å². The van der Waals surface area contributed by atoms with Crippen LogP contribution in [-0.2, 0) is 28.3 Å². The number of carbonyl (C=O) groups is 5. The highest BCUT2D eigenvalue weighted by Gasteiger charge is 2.55. The Morgan fingerprint density at radius 3 is 2.47 bits per heavy atom. The van der Waals surface area contributed by atoms with Crippen LogP contribution in [0.4, 0.5) is 4.79 Å². The number of hydrogen-bond acceptors (Lipinski definition) is 7. The zero-order valence-corrected chi connectivity index (χ0v) is 21.4. The number of rotatable bonds is 9. The van der Waals surface area contributed by atoms with Gasteiger partial charge in [0.05, 0.1) is 24.1 Å². The molecule has 0 aromatic rings. The number of carboxylic acids is 1. The fourth-order valence-electron chi connectivity index (χ4n) is 4.42. The summed E-state index contributed by atoms with van der Waals surface area (Å²) in [6.07, 6.45) is 3.32. The number of nitrogens with zero attached hydrogens (tertiary/aromatic N) is 2. The Kier molecular flexibility index (Phi) is 8.95. The third-order valence-corrected chi connectivity index (χ3v) is 6.93. The average molecular weight is 495 g/mol. The summed E-state index contributed by atoms with van der Waals surface area (Å²) in [7, 11) is -2.03. The third kappa shape index (κ3) is 6.41. The highest BCUT2D eigenvalue weighted by molar-refractivity contribution is 6.69. The molecule has 2 rings (SSSR count). The molecule has 4 atom stereocenters. The number of hydrogen-bond donors (Lipinski definition) is 1. The summed E-state index contributed by atoms with van der Waals surface area (Å²) in [5, 5.41) is 9.12. The van der Waals surface area contributed by atoms with E-state index in [1.807, 2.05) is 19.6 Å². The molecule has 0 aromatic carbocycles. The molecule has 188 valence electrons. The highest BCUT2D eigenvalue weighted by Crippen LogP contribution is 2.35. The van der Waals surface area contributed by atoms with Gasteiger partial charge in [-0.15, -0.1) is 0 Å². The average Bonchev–Trinajstić information content (AvgIpc) is 3.18. The van der Waals surface area contributed by atoms with E-state index in [4.69, 9.17) is 14.3 Å². The molecule has 0 radical (unpaired) electrons. The molecule has 0 unspecified atom stereocenters. The van der Waals surface area contributed by atoms with Crippen molar-refractivity contribution in [3.63, 3.8) is 0 Å². The van der Waals surface area contributed by atoms with Crippen LogP contribution in [0.2, 0.25) is 19.6 Å². The Hall–Kier alpha value is -2.79. The molecule has 10 nitrogen and oxygen atoms in total. The number of β-lactam (4-membered cyclic amide) rings is 1. The quantitative estimate of drug-likeness (QED) is 0.170. The van der Waals surface area contributed by atoms with E-state index in [1.54, 1.807) is 24.8 Å². The Morgan fingerprint density at radius 1 is 1.26 bits per heavy atom. The SMILES string of the molecule is C=CCOC(=O)N1CCC[C@H]1C=C(C)C(=O)C[C@@H]1[C@@H]([C@@H](C)O[Si](C)(C)C)C(=O)N1C(=O)C(=O)O. The van der Waals surface area contributed by atoms with Gasteiger partial charge in [0.2, 0.25) is 5.91 Å². The second kappa shape index (κ2) is 11.1. The molecule has 34 heavy (non-hydrogen) atoms. The van der Waals surface area contributed by atoms with Gasteiger partial charge in [-0.2, -0.15) is 0 Å². The van der Waals surface area contributed by atoms with Crippen LogP contribution in [0.15, 0.2) is 24.3 Å². The second-order valence-corrected chi connectivity index (χ2v) is 14.1. The van der Waals surface area contributed by atoms with E-state index in [1.165, 1.54) is 6.08 Å². The van der Waals surface area contributed by atoms with E-state index >= 15 is 0 Å². The molecule has 2 aliphatic heterocycles. The van der Waals surface area contributed by atoms with Gasteiger partial charge in [-0.3, -0.25) is 19.3 Å². The van der Waals surface area contributed by atoms with E-state index in [-0.39, 0.29) is 24.9 Å². The van der Waals surface area contributed by atoms with Crippen molar-refractivity contribution >= 4 is 38.0 Å². The molecule has 11 heteroatoms. The summed E-state index contributed by atoms with van der Waals surface area (Å²) in [6, 6.07) is -1.22. The van der Waals surface area contributed by atoms with Gasteiger partial charge in [0.15, 0.2) is 14.1 Å². The second-order valence-electron chi connectivity index (χ2n) is 9.59. The van der Waals surface area contributed by atoms with E-state index in [2.05, 4.69) is 6.58 Å². The predicted molar refractivity (Wildman–Crippen MR) is 125 cm³/mol. The van der Waals surface area contributed by atoms with Crippen molar-refractivity contribution in [3.05, 3.63) is 24.3 Å². The van der Waals surface area contributed by atoms with Crippen molar-refractivity contribution in [1.29, 1.82) is 0 Å². The lowest BCUT2D eigenvalue weighted by Crippen LogP contribution is -2.68. The summed E-state index contributed by atoms with van der Waals surface area (Å²) in [6.45, 7) is 13.3. The van der Waals surface area contributed by atoms with Crippen LogP contribution in [0, 0.1) is 5.92 Å². The number of ether oxygens (including phenoxy) is 1. The number of carbonyl (C=O) groups excluding carboxylic acids is 4. The van der Waals surface area contributed by atoms with Crippen LogP contribution in [0.3, 0.4) is 0 Å². The third-order valence-electron chi connectivity index (χ3n) is 5.85. The molecular formula is C23H34N2O8Si. The summed E-state index contributed by atoms with van der Waals surface area (Å²) < 4.78 is 11.1. The van der Waals surface area contributed by atoms with Crippen LogP contribution in [0.25, 0.3) is 0 Å². The zero-order valence-electron chi connectivity index (χ0n) is 20.4. The van der Waals surface area contributed by atoms with Gasteiger partial charge in [0, 0.05) is 13.0 Å². The van der Waals surface area contributed by atoms with Gasteiger partial charge in [-0.1, -0.05) is 18.7 Å². The molecular weight excluding hydrogens is 460 g/mol. The Morgan fingerprint density at radius 2 is 1.91 bits per heavy atom. The van der Waals surface area contributed by atoms with Crippen molar-refractivity contribution in [2.75, 3.05) is 13.2 Å². The lowest BCUT2D eigenvalue weighted by molar-refractivity contribution is -0.178. The normalized spacial score (nSPS) is 23.9. The fraction of sp³-hybridized carbons (Fsp3) is 0.609. The molecule has 2 heterocycles. The number of allylic oxidation sites excluding steroid dienone is 1. The first-order chi connectivity index (χ1) is 15.8. The summed E-state index contributed by atoms with van der Waals surface area (Å²) in [5.41, 5.74) is 0.369. The number of likely N-dealkylation sites (tertiary alicyclic amines) is 2. The van der Waals surface area contributed by atoms with Gasteiger partial charge in [0.25, 0.3) is 0 Å². The van der Waals surface area contributed by atoms with Crippen molar-refractivity contribution in [2.45, 2.75) is 70.9 Å². The molecule has 1 N–H and O–H groups in total. The van der Waals surface area contributed by atoms with E-state index in [9.17, 15) is 24.0 Å². The van der Waals surface area contributed by atoms with Crippen LogP contribution < -0.4 is 0 Å². The number of carboxylic acid groups (broad SMARTS) is 1. The molecule has 0 aliphatic carbocycles. The number of Topliss-reactive ketones (excluding diaryl/α,β-unsaturated/α-hetero) is 1. The molecule has 0 bridgehead atoms. The van der Waals surface area contributed by atoms with Gasteiger partial charge in [0.1, 0.15) is 6.61 Å². The maximum atomic E-state index is 13.0. The number of ketones is 1. The monoisotopic (exact) mass is 494 g/mol. The van der Waals surface area contributed by atoms with Crippen LogP contribution >= 0.6 is 0 Å². The zero-order chi connectivity index (χ0) is 25.8. The van der Waals surface area contributed by atoms with Crippen molar-refractivity contribution in [2.24, 2.45) is 5.92 Å². The lowest BCUT2D eigenvalue weighted by atomic mass is 9.79. The number of imide groups is 1. The maximum Gasteiger partial charge on any atom is 0.410 e. The molecule has 3 amide bonds. The number of amides is 3. The molecule has 2 aliphatic rings. The Labute approximate surface area is 200 Å². The lowest BCUT2D eigenvalue weighted by Gasteiger charge is -2.48. The summed E-state index contributed by atoms with van der Waals surface area (Å²) in [4.78, 5) is 63.5.